The van der Waals surface area contributed by atoms with Crippen LogP contribution in [0.15, 0.2) is 53.1 Å². The molecule has 2 heterocycles. The summed E-state index contributed by atoms with van der Waals surface area (Å²) in [6, 6.07) is 12.3. The summed E-state index contributed by atoms with van der Waals surface area (Å²) in [5.41, 5.74) is -0.570. The highest BCUT2D eigenvalue weighted by Gasteiger charge is 2.57. The maximum atomic E-state index is 12.9. The van der Waals surface area contributed by atoms with Crippen LogP contribution in [-0.2, 0) is 9.59 Å². The minimum absolute atomic E-state index is 0.0750. The predicted octanol–water partition coefficient (Wildman–Crippen LogP) is 3.10. The van der Waals surface area contributed by atoms with Crippen LogP contribution in [0.3, 0.4) is 0 Å². The second-order valence-electron chi connectivity index (χ2n) is 6.49. The summed E-state index contributed by atoms with van der Waals surface area (Å²) >= 11 is 0. The first-order valence-corrected chi connectivity index (χ1v) is 8.70. The van der Waals surface area contributed by atoms with Gasteiger partial charge in [-0.05, 0) is 30.5 Å². The third-order valence-electron chi connectivity index (χ3n) is 5.09. The number of Topliss-reactive ketones (excluding diaryl/α,β-unsaturated/α-hetero) is 1. The number of benzene rings is 1. The Labute approximate surface area is 151 Å². The van der Waals surface area contributed by atoms with E-state index in [4.69, 9.17) is 4.42 Å². The van der Waals surface area contributed by atoms with E-state index in [2.05, 4.69) is 0 Å². The highest BCUT2D eigenvalue weighted by atomic mass is 16.4. The Morgan fingerprint density at radius 2 is 1.92 bits per heavy atom. The first-order valence-electron chi connectivity index (χ1n) is 8.70. The average molecular weight is 355 g/mol. The zero-order valence-corrected chi connectivity index (χ0v) is 14.6. The van der Waals surface area contributed by atoms with E-state index in [1.807, 2.05) is 37.3 Å². The number of carboxylic acids is 1. The van der Waals surface area contributed by atoms with Crippen LogP contribution in [-0.4, -0.2) is 39.7 Å². The van der Waals surface area contributed by atoms with Gasteiger partial charge in [-0.25, -0.2) is 4.79 Å². The van der Waals surface area contributed by atoms with Crippen molar-refractivity contribution in [1.82, 2.24) is 4.90 Å². The second-order valence-corrected chi connectivity index (χ2v) is 6.49. The fourth-order valence-electron chi connectivity index (χ4n) is 3.99. The minimum Gasteiger partial charge on any atom is -0.479 e. The monoisotopic (exact) mass is 355 g/mol. The lowest BCUT2D eigenvalue weighted by atomic mass is 9.76. The van der Waals surface area contributed by atoms with Gasteiger partial charge in [-0.1, -0.05) is 43.7 Å². The van der Waals surface area contributed by atoms with Gasteiger partial charge in [0.15, 0.2) is 5.76 Å². The number of carbonyl (C=O) groups excluding carboxylic acids is 2. The molecular formula is C20H21NO5. The highest BCUT2D eigenvalue weighted by molar-refractivity contribution is 6.42. The van der Waals surface area contributed by atoms with Crippen molar-refractivity contribution in [3.05, 3.63) is 60.1 Å². The summed E-state index contributed by atoms with van der Waals surface area (Å²) in [7, 11) is 0. The second kappa shape index (κ2) is 7.15. The van der Waals surface area contributed by atoms with Crippen molar-refractivity contribution in [1.29, 1.82) is 0 Å². The summed E-state index contributed by atoms with van der Waals surface area (Å²) in [6.07, 6.45) is 2.66. The third kappa shape index (κ3) is 2.81. The number of likely N-dealkylation sites (tertiary alicyclic amines) is 1. The van der Waals surface area contributed by atoms with E-state index in [0.717, 1.165) is 5.56 Å². The normalized spacial score (nSPS) is 22.3. The lowest BCUT2D eigenvalue weighted by Gasteiger charge is -2.38. The standard InChI is InChI=1S/C20H21NO5/c1-2-11-20(19(24)25)15(14-7-4-3-5-8-14)10-12-21(20)18(23)17(22)16-9-6-13-26-16/h3-9,13,15H,2,10-12H2,1H3,(H,24,25)/t15?,20-/m0/s1. The van der Waals surface area contributed by atoms with Crippen LogP contribution in [0.5, 0.6) is 0 Å². The summed E-state index contributed by atoms with van der Waals surface area (Å²) in [6.45, 7) is 2.10. The Morgan fingerprint density at radius 1 is 1.19 bits per heavy atom. The van der Waals surface area contributed by atoms with Crippen molar-refractivity contribution in [2.45, 2.75) is 37.6 Å². The Balaban J connectivity index is 2.03. The summed E-state index contributed by atoms with van der Waals surface area (Å²) in [5, 5.41) is 10.1. The molecule has 0 aliphatic carbocycles. The van der Waals surface area contributed by atoms with Crippen molar-refractivity contribution in [2.75, 3.05) is 6.54 Å². The molecule has 0 bridgehead atoms. The molecule has 2 aromatic rings. The van der Waals surface area contributed by atoms with Gasteiger partial charge < -0.3 is 14.4 Å². The molecule has 1 aliphatic rings. The van der Waals surface area contributed by atoms with Gasteiger partial charge >= 0.3 is 5.97 Å². The van der Waals surface area contributed by atoms with E-state index in [-0.39, 0.29) is 24.6 Å². The smallest absolute Gasteiger partial charge is 0.330 e. The van der Waals surface area contributed by atoms with Crippen LogP contribution in [0.25, 0.3) is 0 Å². The molecule has 1 aliphatic heterocycles. The van der Waals surface area contributed by atoms with Crippen LogP contribution in [0.4, 0.5) is 0 Å². The van der Waals surface area contributed by atoms with E-state index in [1.54, 1.807) is 0 Å². The lowest BCUT2D eigenvalue weighted by molar-refractivity contribution is -0.156. The predicted molar refractivity (Wildman–Crippen MR) is 93.8 cm³/mol. The first-order chi connectivity index (χ1) is 12.5. The number of nitrogens with zero attached hydrogens (tertiary/aromatic N) is 1. The molecule has 1 fully saturated rings. The van der Waals surface area contributed by atoms with Gasteiger partial charge in [-0.15, -0.1) is 0 Å². The van der Waals surface area contributed by atoms with Gasteiger partial charge in [0.1, 0.15) is 5.54 Å². The molecular weight excluding hydrogens is 334 g/mol. The van der Waals surface area contributed by atoms with Crippen molar-refractivity contribution in [3.63, 3.8) is 0 Å². The van der Waals surface area contributed by atoms with E-state index >= 15 is 0 Å². The molecule has 136 valence electrons. The number of furan rings is 1. The summed E-state index contributed by atoms with van der Waals surface area (Å²) in [5.74, 6) is -3.16. The molecule has 3 rings (SSSR count). The molecule has 0 radical (unpaired) electrons. The molecule has 26 heavy (non-hydrogen) atoms. The molecule has 6 nitrogen and oxygen atoms in total. The van der Waals surface area contributed by atoms with Gasteiger partial charge in [0.2, 0.25) is 0 Å². The number of hydrogen-bond acceptors (Lipinski definition) is 4. The lowest BCUT2D eigenvalue weighted by Crippen LogP contribution is -2.57. The summed E-state index contributed by atoms with van der Waals surface area (Å²) in [4.78, 5) is 39.0. The Bertz CT molecular complexity index is 799. The SMILES string of the molecule is CCC[C@@]1(C(=O)O)C(c2ccccc2)CCN1C(=O)C(=O)c1ccco1. The van der Waals surface area contributed by atoms with Gasteiger partial charge in [0, 0.05) is 12.5 Å². The Kier molecular flexibility index (Phi) is 4.93. The maximum absolute atomic E-state index is 12.9. The van der Waals surface area contributed by atoms with Gasteiger partial charge in [-0.3, -0.25) is 9.59 Å². The molecule has 1 aromatic carbocycles. The van der Waals surface area contributed by atoms with Gasteiger partial charge in [-0.2, -0.15) is 0 Å². The van der Waals surface area contributed by atoms with Crippen LogP contribution in [0.1, 0.15) is 48.2 Å². The van der Waals surface area contributed by atoms with E-state index in [1.165, 1.54) is 23.3 Å². The number of ketones is 1. The number of aliphatic carboxylic acids is 1. The Morgan fingerprint density at radius 3 is 2.50 bits per heavy atom. The van der Waals surface area contributed by atoms with Crippen LogP contribution >= 0.6 is 0 Å². The van der Waals surface area contributed by atoms with Crippen molar-refractivity contribution in [2.24, 2.45) is 0 Å². The van der Waals surface area contributed by atoms with Crippen molar-refractivity contribution < 1.29 is 23.9 Å². The minimum atomic E-state index is -1.44. The number of rotatable bonds is 6. The maximum Gasteiger partial charge on any atom is 0.330 e. The number of carbonyl (C=O) groups is 3. The van der Waals surface area contributed by atoms with Crippen molar-refractivity contribution >= 4 is 17.7 Å². The van der Waals surface area contributed by atoms with Crippen molar-refractivity contribution in [3.8, 4) is 0 Å². The molecule has 6 heteroatoms. The molecule has 1 N–H and O–H groups in total. The molecule has 1 aromatic heterocycles. The van der Waals surface area contributed by atoms with Gasteiger partial charge in [0.25, 0.3) is 11.7 Å². The number of amides is 1. The zero-order valence-electron chi connectivity index (χ0n) is 14.6. The van der Waals surface area contributed by atoms with E-state index in [9.17, 15) is 19.5 Å². The average Bonchev–Trinajstić information content (AvgIpc) is 3.30. The topological polar surface area (TPSA) is 87.8 Å². The molecule has 0 spiro atoms. The number of carboxylic acid groups (broad SMARTS) is 1. The fourth-order valence-corrected chi connectivity index (χ4v) is 3.99. The van der Waals surface area contributed by atoms with Gasteiger partial charge in [0.05, 0.1) is 6.26 Å². The molecule has 1 amide bonds. The van der Waals surface area contributed by atoms with Crippen LogP contribution in [0.2, 0.25) is 0 Å². The largest absolute Gasteiger partial charge is 0.479 e. The molecule has 1 unspecified atom stereocenters. The quantitative estimate of drug-likeness (QED) is 0.635. The molecule has 1 saturated heterocycles. The molecule has 0 saturated carbocycles. The molecule has 2 atom stereocenters. The van der Waals surface area contributed by atoms with E-state index < -0.39 is 23.2 Å². The van der Waals surface area contributed by atoms with Crippen LogP contribution in [0, 0.1) is 0 Å². The summed E-state index contributed by atoms with van der Waals surface area (Å²) < 4.78 is 5.03. The fraction of sp³-hybridized carbons (Fsp3) is 0.350. The van der Waals surface area contributed by atoms with Crippen LogP contribution < -0.4 is 0 Å². The third-order valence-corrected chi connectivity index (χ3v) is 5.09. The first kappa shape index (κ1) is 17.9. The Hall–Kier alpha value is -2.89. The van der Waals surface area contributed by atoms with E-state index in [0.29, 0.717) is 12.8 Å². The zero-order chi connectivity index (χ0) is 18.7. The number of hydrogen-bond donors (Lipinski definition) is 1. The highest BCUT2D eigenvalue weighted by Crippen LogP contribution is 2.45.